The standard InChI is InChI=1S/C22H25BrN2O5/c1-28-10-5-9-24-14-22(8-11-29-15-22)25-12-17(23)19(26)20(18(25)21(24)27)30-13-16-6-3-2-4-7-16/h2-4,6-7,12H,5,8-11,13-15H2,1H3. The molecule has 0 bridgehead atoms. The molecule has 160 valence electrons. The lowest BCUT2D eigenvalue weighted by Crippen LogP contribution is -2.55. The van der Waals surface area contributed by atoms with E-state index in [9.17, 15) is 9.59 Å². The topological polar surface area (TPSA) is 70.0 Å². The van der Waals surface area contributed by atoms with Crippen LogP contribution in [0.4, 0.5) is 0 Å². The molecular weight excluding hydrogens is 452 g/mol. The zero-order valence-corrected chi connectivity index (χ0v) is 18.5. The lowest BCUT2D eigenvalue weighted by molar-refractivity contribution is 0.0471. The summed E-state index contributed by atoms with van der Waals surface area (Å²) in [5.41, 5.74) is 0.499. The van der Waals surface area contributed by atoms with Gasteiger partial charge in [-0.15, -0.1) is 0 Å². The van der Waals surface area contributed by atoms with E-state index in [1.807, 2.05) is 34.9 Å². The molecule has 0 aliphatic carbocycles. The third kappa shape index (κ3) is 3.91. The number of rotatable bonds is 7. The molecule has 3 heterocycles. The van der Waals surface area contributed by atoms with Crippen LogP contribution in [0.1, 0.15) is 28.9 Å². The van der Waals surface area contributed by atoms with Crippen molar-refractivity contribution >= 4 is 21.8 Å². The maximum atomic E-state index is 13.4. The molecule has 1 amide bonds. The highest BCUT2D eigenvalue weighted by Crippen LogP contribution is 2.37. The fourth-order valence-corrected chi connectivity index (χ4v) is 4.53. The first-order valence-electron chi connectivity index (χ1n) is 10.0. The number of ether oxygens (including phenoxy) is 3. The average Bonchev–Trinajstić information content (AvgIpc) is 3.22. The second kappa shape index (κ2) is 8.91. The van der Waals surface area contributed by atoms with Crippen LogP contribution in [-0.2, 0) is 21.6 Å². The third-order valence-corrected chi connectivity index (χ3v) is 6.26. The first-order valence-corrected chi connectivity index (χ1v) is 10.8. The van der Waals surface area contributed by atoms with Gasteiger partial charge in [-0.1, -0.05) is 30.3 Å². The van der Waals surface area contributed by atoms with Crippen LogP contribution < -0.4 is 10.2 Å². The maximum Gasteiger partial charge on any atom is 0.274 e. The number of benzene rings is 1. The monoisotopic (exact) mass is 476 g/mol. The van der Waals surface area contributed by atoms with Gasteiger partial charge in [0, 0.05) is 39.6 Å². The number of halogens is 1. The first kappa shape index (κ1) is 21.1. The quantitative estimate of drug-likeness (QED) is 0.574. The summed E-state index contributed by atoms with van der Waals surface area (Å²) < 4.78 is 19.1. The molecule has 1 fully saturated rings. The lowest BCUT2D eigenvalue weighted by Gasteiger charge is -2.43. The molecule has 1 atom stereocenters. The van der Waals surface area contributed by atoms with Crippen molar-refractivity contribution in [3.63, 3.8) is 0 Å². The van der Waals surface area contributed by atoms with Gasteiger partial charge in [0.2, 0.25) is 5.43 Å². The highest BCUT2D eigenvalue weighted by atomic mass is 79.9. The zero-order chi connectivity index (χ0) is 21.1. The first-order chi connectivity index (χ1) is 14.6. The summed E-state index contributed by atoms with van der Waals surface area (Å²) in [6.45, 7) is 2.97. The van der Waals surface area contributed by atoms with Crippen LogP contribution in [0.15, 0.2) is 45.8 Å². The fraction of sp³-hybridized carbons (Fsp3) is 0.455. The molecule has 0 saturated carbocycles. The lowest BCUT2D eigenvalue weighted by atomic mass is 9.93. The van der Waals surface area contributed by atoms with Gasteiger partial charge in [-0.05, 0) is 34.3 Å². The van der Waals surface area contributed by atoms with Crippen molar-refractivity contribution in [1.82, 2.24) is 9.47 Å². The Labute approximate surface area is 183 Å². The summed E-state index contributed by atoms with van der Waals surface area (Å²) in [6.07, 6.45) is 3.20. The van der Waals surface area contributed by atoms with Crippen molar-refractivity contribution in [1.29, 1.82) is 0 Å². The van der Waals surface area contributed by atoms with Gasteiger partial charge in [0.05, 0.1) is 16.6 Å². The van der Waals surface area contributed by atoms with Crippen LogP contribution in [0.25, 0.3) is 0 Å². The van der Waals surface area contributed by atoms with E-state index in [2.05, 4.69) is 15.9 Å². The Bertz CT molecular complexity index is 969. The summed E-state index contributed by atoms with van der Waals surface area (Å²) in [5.74, 6) is -0.114. The van der Waals surface area contributed by atoms with Crippen molar-refractivity contribution in [3.05, 3.63) is 62.5 Å². The number of carbonyl (C=O) groups excluding carboxylic acids is 1. The minimum absolute atomic E-state index is 0.0842. The third-order valence-electron chi connectivity index (χ3n) is 5.69. The second-order valence-electron chi connectivity index (χ2n) is 7.73. The van der Waals surface area contributed by atoms with Crippen LogP contribution in [0.2, 0.25) is 0 Å². The Morgan fingerprint density at radius 1 is 1.23 bits per heavy atom. The average molecular weight is 477 g/mol. The number of fused-ring (bicyclic) bond motifs is 2. The SMILES string of the molecule is COCCCN1CC2(CCOC2)n2cc(Br)c(=O)c(OCc3ccccc3)c2C1=O. The fourth-order valence-electron chi connectivity index (χ4n) is 4.14. The predicted octanol–water partition coefficient (Wildman–Crippen LogP) is 2.80. The molecule has 2 aliphatic rings. The van der Waals surface area contributed by atoms with E-state index < -0.39 is 5.54 Å². The minimum Gasteiger partial charge on any atom is -0.483 e. The van der Waals surface area contributed by atoms with Gasteiger partial charge in [0.15, 0.2) is 11.4 Å². The molecule has 4 rings (SSSR count). The molecule has 30 heavy (non-hydrogen) atoms. The smallest absolute Gasteiger partial charge is 0.274 e. The van der Waals surface area contributed by atoms with Gasteiger partial charge in [-0.3, -0.25) is 9.59 Å². The van der Waals surface area contributed by atoms with Gasteiger partial charge >= 0.3 is 0 Å². The van der Waals surface area contributed by atoms with Crippen molar-refractivity contribution in [2.24, 2.45) is 0 Å². The van der Waals surface area contributed by atoms with Crippen LogP contribution in [0, 0.1) is 0 Å². The summed E-state index contributed by atoms with van der Waals surface area (Å²) in [5, 5.41) is 0. The van der Waals surface area contributed by atoms with E-state index in [4.69, 9.17) is 14.2 Å². The normalized spacial score (nSPS) is 20.6. The molecule has 1 aromatic carbocycles. The number of amides is 1. The molecule has 2 aliphatic heterocycles. The van der Waals surface area contributed by atoms with E-state index >= 15 is 0 Å². The van der Waals surface area contributed by atoms with E-state index in [0.717, 1.165) is 18.4 Å². The van der Waals surface area contributed by atoms with E-state index in [1.54, 1.807) is 18.2 Å². The van der Waals surface area contributed by atoms with Gasteiger partial charge in [-0.25, -0.2) is 0 Å². The highest BCUT2D eigenvalue weighted by molar-refractivity contribution is 9.10. The Morgan fingerprint density at radius 2 is 2.03 bits per heavy atom. The van der Waals surface area contributed by atoms with Crippen molar-refractivity contribution in [2.45, 2.75) is 25.0 Å². The predicted molar refractivity (Wildman–Crippen MR) is 115 cm³/mol. The molecule has 1 saturated heterocycles. The number of methoxy groups -OCH3 is 1. The summed E-state index contributed by atoms with van der Waals surface area (Å²) >= 11 is 3.37. The minimum atomic E-state index is -0.405. The van der Waals surface area contributed by atoms with Crippen molar-refractivity contribution in [3.8, 4) is 5.75 Å². The summed E-state index contributed by atoms with van der Waals surface area (Å²) in [6, 6.07) is 9.59. The molecule has 0 N–H and O–H groups in total. The van der Waals surface area contributed by atoms with Crippen LogP contribution in [-0.4, -0.2) is 55.4 Å². The van der Waals surface area contributed by atoms with E-state index in [1.165, 1.54) is 0 Å². The summed E-state index contributed by atoms with van der Waals surface area (Å²) in [4.78, 5) is 28.2. The number of nitrogens with zero attached hydrogens (tertiary/aromatic N) is 2. The van der Waals surface area contributed by atoms with E-state index in [0.29, 0.717) is 43.1 Å². The van der Waals surface area contributed by atoms with Gasteiger partial charge in [0.25, 0.3) is 5.91 Å². The maximum absolute atomic E-state index is 13.4. The van der Waals surface area contributed by atoms with Crippen molar-refractivity contribution in [2.75, 3.05) is 40.0 Å². The molecule has 1 unspecified atom stereocenters. The number of hydrogen-bond donors (Lipinski definition) is 0. The molecule has 1 aromatic heterocycles. The zero-order valence-electron chi connectivity index (χ0n) is 16.9. The highest BCUT2D eigenvalue weighted by Gasteiger charge is 2.47. The van der Waals surface area contributed by atoms with Gasteiger partial charge in [-0.2, -0.15) is 0 Å². The number of hydrogen-bond acceptors (Lipinski definition) is 5. The van der Waals surface area contributed by atoms with Gasteiger partial charge < -0.3 is 23.7 Å². The Morgan fingerprint density at radius 3 is 2.73 bits per heavy atom. The summed E-state index contributed by atoms with van der Waals surface area (Å²) in [7, 11) is 1.65. The van der Waals surface area contributed by atoms with Crippen LogP contribution >= 0.6 is 15.9 Å². The molecule has 7 nitrogen and oxygen atoms in total. The second-order valence-corrected chi connectivity index (χ2v) is 8.58. The molecule has 8 heteroatoms. The number of aromatic nitrogens is 1. The van der Waals surface area contributed by atoms with Crippen LogP contribution in [0.5, 0.6) is 5.75 Å². The molecule has 0 radical (unpaired) electrons. The Kier molecular flexibility index (Phi) is 6.26. The molecule has 1 spiro atoms. The van der Waals surface area contributed by atoms with E-state index in [-0.39, 0.29) is 23.7 Å². The molecular formula is C22H25BrN2O5. The van der Waals surface area contributed by atoms with Crippen LogP contribution in [0.3, 0.4) is 0 Å². The Hall–Kier alpha value is -2.16. The van der Waals surface area contributed by atoms with Gasteiger partial charge in [0.1, 0.15) is 6.61 Å². The number of pyridine rings is 1. The molecule has 2 aromatic rings. The Balaban J connectivity index is 1.76. The van der Waals surface area contributed by atoms with Crippen molar-refractivity contribution < 1.29 is 19.0 Å². The number of carbonyl (C=O) groups is 1. The largest absolute Gasteiger partial charge is 0.483 e.